The van der Waals surface area contributed by atoms with Gasteiger partial charge in [-0.1, -0.05) is 68.0 Å². The largest absolute Gasteiger partial charge is 0.496 e. The van der Waals surface area contributed by atoms with Gasteiger partial charge >= 0.3 is 0 Å². The Labute approximate surface area is 400 Å². The smallest absolute Gasteiger partial charge is 0.239 e. The number of ether oxygens (including phenoxy) is 5. The van der Waals surface area contributed by atoms with Crippen molar-refractivity contribution in [3.05, 3.63) is 107 Å². The Morgan fingerprint density at radius 3 is 2.41 bits per heavy atom. The fraction of sp³-hybridized carbons (Fsp3) is 0.545. The van der Waals surface area contributed by atoms with Crippen LogP contribution in [0, 0.1) is 29.5 Å². The summed E-state index contributed by atoms with van der Waals surface area (Å²) in [5, 5.41) is 25.1. The van der Waals surface area contributed by atoms with Gasteiger partial charge < -0.3 is 43.6 Å². The molecule has 13 heteroatoms. The maximum absolute atomic E-state index is 15.2. The summed E-state index contributed by atoms with van der Waals surface area (Å²) in [6.45, 7) is 5.11. The van der Waals surface area contributed by atoms with Crippen LogP contribution in [0.4, 0.5) is 4.39 Å². The summed E-state index contributed by atoms with van der Waals surface area (Å²) in [5.41, 5.74) is 3.63. The topological polar surface area (TPSA) is 146 Å². The van der Waals surface area contributed by atoms with Crippen LogP contribution < -0.4 is 14.2 Å². The number of aldehydes is 1. The molecule has 8 rings (SSSR count). The van der Waals surface area contributed by atoms with Crippen LogP contribution >= 0.6 is 0 Å². The van der Waals surface area contributed by atoms with E-state index in [9.17, 15) is 19.4 Å². The van der Waals surface area contributed by atoms with Crippen molar-refractivity contribution >= 4 is 17.9 Å². The molecule has 0 bridgehead atoms. The molecular formula is C55H69FN2O10. The number of unbranched alkanes of at least 4 members (excludes halogenated alkanes) is 2. The van der Waals surface area contributed by atoms with E-state index in [1.165, 1.54) is 32.1 Å². The van der Waals surface area contributed by atoms with Crippen LogP contribution in [0.25, 0.3) is 0 Å². The lowest BCUT2D eigenvalue weighted by atomic mass is 9.55. The van der Waals surface area contributed by atoms with Gasteiger partial charge in [-0.15, -0.1) is 6.58 Å². The third-order valence-electron chi connectivity index (χ3n) is 14.8. The molecule has 3 aromatic rings. The van der Waals surface area contributed by atoms with Gasteiger partial charge in [-0.3, -0.25) is 9.59 Å². The number of allylic oxidation sites excluding steroid dienone is 1. The molecular weight excluding hydrogens is 868 g/mol. The second kappa shape index (κ2) is 23.5. The molecule has 12 nitrogen and oxygen atoms in total. The van der Waals surface area contributed by atoms with E-state index < -0.39 is 24.0 Å². The highest BCUT2D eigenvalue weighted by atomic mass is 19.1. The number of hydrogen-bond acceptors (Lipinski definition) is 11. The molecule has 7 atom stereocenters. The fourth-order valence-corrected chi connectivity index (χ4v) is 11.6. The monoisotopic (exact) mass is 936 g/mol. The number of oxime groups is 1. The Balaban J connectivity index is 1.32. The van der Waals surface area contributed by atoms with Crippen molar-refractivity contribution < 1.29 is 52.7 Å². The van der Waals surface area contributed by atoms with Gasteiger partial charge in [0, 0.05) is 50.5 Å². The number of carbonyl (C=O) groups excluding carboxylic acids is 2. The Morgan fingerprint density at radius 2 is 1.69 bits per heavy atom. The van der Waals surface area contributed by atoms with Gasteiger partial charge in [-0.25, -0.2) is 4.39 Å². The average molecular weight is 937 g/mol. The van der Waals surface area contributed by atoms with Crippen molar-refractivity contribution in [2.24, 2.45) is 28.8 Å². The van der Waals surface area contributed by atoms with Crippen molar-refractivity contribution in [2.45, 2.75) is 133 Å². The zero-order chi connectivity index (χ0) is 47.5. The molecule has 2 heterocycles. The maximum Gasteiger partial charge on any atom is 0.239 e. The Bertz CT molecular complexity index is 2240. The van der Waals surface area contributed by atoms with E-state index in [0.717, 1.165) is 80.8 Å². The lowest BCUT2D eigenvalue weighted by Gasteiger charge is -2.60. The van der Waals surface area contributed by atoms with Crippen LogP contribution in [-0.2, 0) is 25.7 Å². The second-order valence-corrected chi connectivity index (χ2v) is 19.1. The molecule has 1 amide bonds. The van der Waals surface area contributed by atoms with Crippen LogP contribution in [0.5, 0.6) is 23.0 Å². The number of methoxy groups -OCH3 is 1. The van der Waals surface area contributed by atoms with Crippen LogP contribution in [0.3, 0.4) is 0 Å². The van der Waals surface area contributed by atoms with Gasteiger partial charge in [0.1, 0.15) is 34.9 Å². The first kappa shape index (κ1) is 49.3. The number of aliphatic hydroxyl groups is 2. The van der Waals surface area contributed by atoms with Crippen molar-refractivity contribution in [3.8, 4) is 23.0 Å². The average Bonchev–Trinajstić information content (AvgIpc) is 3.90. The third-order valence-corrected chi connectivity index (χ3v) is 14.8. The lowest BCUT2D eigenvalue weighted by Crippen LogP contribution is -2.70. The molecule has 3 aliphatic carbocycles. The van der Waals surface area contributed by atoms with Gasteiger partial charge in [0.2, 0.25) is 18.0 Å². The predicted octanol–water partition coefficient (Wildman–Crippen LogP) is 10.6. The predicted molar refractivity (Wildman–Crippen MR) is 256 cm³/mol. The van der Waals surface area contributed by atoms with E-state index in [-0.39, 0.29) is 62.3 Å². The summed E-state index contributed by atoms with van der Waals surface area (Å²) < 4.78 is 47.1. The first-order chi connectivity index (χ1) is 33.3. The lowest BCUT2D eigenvalue weighted by molar-refractivity contribution is -0.258. The molecule has 1 saturated heterocycles. The van der Waals surface area contributed by atoms with Gasteiger partial charge in [0.25, 0.3) is 0 Å². The molecule has 3 aromatic carbocycles. The number of hydrogen-bond donors (Lipinski definition) is 2. The van der Waals surface area contributed by atoms with Crippen molar-refractivity contribution in [2.75, 3.05) is 33.5 Å². The minimum atomic E-state index is -1.47. The Hall–Kier alpha value is -5.08. The highest BCUT2D eigenvalue weighted by molar-refractivity contribution is 6.03. The summed E-state index contributed by atoms with van der Waals surface area (Å²) in [6.07, 6.45) is 17.1. The molecule has 0 radical (unpaired) electrons. The van der Waals surface area contributed by atoms with Crippen molar-refractivity contribution in [1.82, 2.24) is 4.90 Å². The number of amides is 1. The number of fused-ring (bicyclic) bond motifs is 2. The standard InChI is InChI=1S/C55H69FN2O10/c1-3-29-65-55-50(58(35-38-17-20-41(56)21-18-38)51(62)26-19-37-12-4-5-13-37)34-47(57-68-52-16-8-11-30-64-52)45-32-39(14-6-9-27-59)44(15-7-10-28-60)53(54(45)55)46-33-43(23-25-49(46)67-55)66-42-22-24-48(63-2)40(31-42)36-61/h3,17-18,20-25,31-33,36-37,39,44,50,52-54,59-60H,1,4-16,19,26-30,34-35H2,2H3. The Morgan fingerprint density at radius 1 is 0.941 bits per heavy atom. The van der Waals surface area contributed by atoms with E-state index in [4.69, 9.17) is 33.7 Å². The fourth-order valence-electron chi connectivity index (χ4n) is 11.6. The summed E-state index contributed by atoms with van der Waals surface area (Å²) in [5.74, 6) is -0.177. The van der Waals surface area contributed by atoms with Gasteiger partial charge in [0.05, 0.1) is 37.5 Å². The van der Waals surface area contributed by atoms with Crippen LogP contribution in [0.15, 0.2) is 90.1 Å². The molecule has 0 aromatic heterocycles. The molecule has 366 valence electrons. The summed E-state index contributed by atoms with van der Waals surface area (Å²) in [4.78, 5) is 35.5. The maximum atomic E-state index is 15.2. The van der Waals surface area contributed by atoms with Gasteiger partial charge in [-0.05, 0) is 122 Å². The van der Waals surface area contributed by atoms with E-state index >= 15 is 4.79 Å². The molecule has 68 heavy (non-hydrogen) atoms. The van der Waals surface area contributed by atoms with E-state index in [2.05, 4.69) is 12.7 Å². The molecule has 3 fully saturated rings. The SMILES string of the molecule is C=CCOC12Oc3ccc(Oc4ccc(OC)c(C=O)c4)cc3C3C(CCCCO)C(CCCCO)C=C(C(=NOC4CCCCO4)CC1N(Cc1ccc(F)cc1)C(=O)CCC1CCCC1)C32. The van der Waals surface area contributed by atoms with Crippen LogP contribution in [0.2, 0.25) is 0 Å². The zero-order valence-electron chi connectivity index (χ0n) is 39.5. The number of carbonyl (C=O) groups is 2. The van der Waals surface area contributed by atoms with E-state index in [1.54, 1.807) is 36.4 Å². The first-order valence-corrected chi connectivity index (χ1v) is 25.0. The van der Waals surface area contributed by atoms with Gasteiger partial charge in [0.15, 0.2) is 6.29 Å². The highest BCUT2D eigenvalue weighted by Gasteiger charge is 2.65. The third kappa shape index (κ3) is 11.2. The summed E-state index contributed by atoms with van der Waals surface area (Å²) >= 11 is 0. The van der Waals surface area contributed by atoms with Gasteiger partial charge in [-0.2, -0.15) is 0 Å². The Kier molecular flexibility index (Phi) is 17.0. The molecule has 5 aliphatic rings. The number of rotatable bonds is 23. The second-order valence-electron chi connectivity index (χ2n) is 19.1. The number of benzene rings is 3. The first-order valence-electron chi connectivity index (χ1n) is 25.0. The van der Waals surface area contributed by atoms with E-state index in [1.807, 2.05) is 23.1 Å². The molecule has 7 unspecified atom stereocenters. The van der Waals surface area contributed by atoms with E-state index in [0.29, 0.717) is 72.5 Å². The number of halogens is 1. The number of nitrogens with zero attached hydrogens (tertiary/aromatic N) is 2. The number of aliphatic hydroxyl groups excluding tert-OH is 2. The summed E-state index contributed by atoms with van der Waals surface area (Å²) in [7, 11) is 1.52. The zero-order valence-corrected chi connectivity index (χ0v) is 39.5. The normalized spacial score (nSPS) is 25.9. The molecule has 2 saturated carbocycles. The van der Waals surface area contributed by atoms with Crippen LogP contribution in [0.1, 0.15) is 130 Å². The van der Waals surface area contributed by atoms with Crippen molar-refractivity contribution in [1.29, 1.82) is 0 Å². The highest BCUT2D eigenvalue weighted by Crippen LogP contribution is 2.62. The quantitative estimate of drug-likeness (QED) is 0.0408. The van der Waals surface area contributed by atoms with Crippen LogP contribution in [-0.4, -0.2) is 84.7 Å². The summed E-state index contributed by atoms with van der Waals surface area (Å²) in [6, 6.07) is 16.5. The minimum absolute atomic E-state index is 0.00698. The van der Waals surface area contributed by atoms with Crippen molar-refractivity contribution in [3.63, 3.8) is 0 Å². The molecule has 2 N–H and O–H groups in total. The molecule has 0 spiro atoms. The molecule has 2 aliphatic heterocycles. The minimum Gasteiger partial charge on any atom is -0.496 e.